The Morgan fingerprint density at radius 3 is 2.93 bits per heavy atom. The quantitative estimate of drug-likeness (QED) is 0.479. The van der Waals surface area contributed by atoms with E-state index in [0.717, 1.165) is 5.56 Å². The highest BCUT2D eigenvalue weighted by molar-refractivity contribution is 5.79. The molecule has 2 N–H and O–H groups in total. The maximum atomic E-state index is 13.9. The van der Waals surface area contributed by atoms with Crippen molar-refractivity contribution in [3.05, 3.63) is 53.8 Å². The van der Waals surface area contributed by atoms with Gasteiger partial charge in [-0.2, -0.15) is 0 Å². The molecule has 0 fully saturated rings. The van der Waals surface area contributed by atoms with Gasteiger partial charge in [-0.1, -0.05) is 6.07 Å². The smallest absolute Gasteiger partial charge is 0.216 e. The highest BCUT2D eigenvalue weighted by Crippen LogP contribution is 2.18. The van der Waals surface area contributed by atoms with E-state index in [-0.39, 0.29) is 11.6 Å². The monoisotopic (exact) mass is 386 g/mol. The molecule has 0 saturated heterocycles. The fourth-order valence-corrected chi connectivity index (χ4v) is 2.66. The summed E-state index contributed by atoms with van der Waals surface area (Å²) in [6, 6.07) is 8.48. The zero-order chi connectivity index (χ0) is 19.9. The van der Waals surface area contributed by atoms with Crippen LogP contribution >= 0.6 is 0 Å². The molecular weight excluding hydrogens is 363 g/mol. The second-order valence-electron chi connectivity index (χ2n) is 6.08. The summed E-state index contributed by atoms with van der Waals surface area (Å²) in [6.45, 7) is 3.49. The third-order valence-corrected chi connectivity index (χ3v) is 3.98. The first-order valence-electron chi connectivity index (χ1n) is 8.87. The fraction of sp³-hybridized carbons (Fsp3) is 0.316. The SMILES string of the molecule is CCNC(=NCc1nc(-c2ccco2)n[nH]1)N(C)Cc1ccc(OC)c(F)c1. The molecule has 3 rings (SSSR count). The number of nitrogens with zero attached hydrogens (tertiary/aromatic N) is 4. The Morgan fingerprint density at radius 2 is 2.25 bits per heavy atom. The lowest BCUT2D eigenvalue weighted by molar-refractivity contribution is 0.385. The van der Waals surface area contributed by atoms with E-state index in [1.807, 2.05) is 24.9 Å². The van der Waals surface area contributed by atoms with Crippen LogP contribution in [0.5, 0.6) is 5.75 Å². The van der Waals surface area contributed by atoms with Gasteiger partial charge in [-0.05, 0) is 36.8 Å². The zero-order valence-corrected chi connectivity index (χ0v) is 16.1. The number of ether oxygens (including phenoxy) is 1. The van der Waals surface area contributed by atoms with Crippen LogP contribution in [0.2, 0.25) is 0 Å². The van der Waals surface area contributed by atoms with Crippen molar-refractivity contribution in [2.24, 2.45) is 4.99 Å². The summed E-state index contributed by atoms with van der Waals surface area (Å²) in [7, 11) is 3.33. The van der Waals surface area contributed by atoms with Crippen LogP contribution < -0.4 is 10.1 Å². The van der Waals surface area contributed by atoms with Crippen LogP contribution in [0, 0.1) is 5.82 Å². The average Bonchev–Trinajstić information content (AvgIpc) is 3.36. The second kappa shape index (κ2) is 9.03. The van der Waals surface area contributed by atoms with Crippen LogP contribution in [0.3, 0.4) is 0 Å². The number of rotatable bonds is 7. The van der Waals surface area contributed by atoms with E-state index < -0.39 is 0 Å². The molecule has 0 unspecified atom stereocenters. The molecule has 0 amide bonds. The zero-order valence-electron chi connectivity index (χ0n) is 16.1. The van der Waals surface area contributed by atoms with Gasteiger partial charge in [0.1, 0.15) is 12.4 Å². The van der Waals surface area contributed by atoms with Gasteiger partial charge in [-0.25, -0.2) is 14.4 Å². The molecule has 0 aliphatic rings. The molecule has 148 valence electrons. The molecule has 2 aromatic heterocycles. The van der Waals surface area contributed by atoms with Crippen molar-refractivity contribution >= 4 is 5.96 Å². The number of methoxy groups -OCH3 is 1. The van der Waals surface area contributed by atoms with E-state index in [1.165, 1.54) is 13.2 Å². The molecule has 28 heavy (non-hydrogen) atoms. The molecule has 0 aliphatic carbocycles. The van der Waals surface area contributed by atoms with Gasteiger partial charge in [0.15, 0.2) is 23.3 Å². The Morgan fingerprint density at radius 1 is 1.39 bits per heavy atom. The van der Waals surface area contributed by atoms with Crippen LogP contribution in [0.1, 0.15) is 18.3 Å². The van der Waals surface area contributed by atoms with Gasteiger partial charge in [0.05, 0.1) is 13.4 Å². The second-order valence-corrected chi connectivity index (χ2v) is 6.08. The van der Waals surface area contributed by atoms with Crippen molar-refractivity contribution in [1.29, 1.82) is 0 Å². The lowest BCUT2D eigenvalue weighted by Crippen LogP contribution is -2.38. The number of aromatic nitrogens is 3. The van der Waals surface area contributed by atoms with Crippen LogP contribution in [-0.4, -0.2) is 46.7 Å². The maximum absolute atomic E-state index is 13.9. The Balaban J connectivity index is 1.68. The van der Waals surface area contributed by atoms with Crippen LogP contribution in [0.15, 0.2) is 46.0 Å². The summed E-state index contributed by atoms with van der Waals surface area (Å²) >= 11 is 0. The number of nitrogens with one attached hydrogen (secondary N) is 2. The lowest BCUT2D eigenvalue weighted by Gasteiger charge is -2.22. The number of hydrogen-bond donors (Lipinski definition) is 2. The topological polar surface area (TPSA) is 91.6 Å². The molecule has 8 nitrogen and oxygen atoms in total. The van der Waals surface area contributed by atoms with E-state index in [0.29, 0.717) is 43.0 Å². The minimum atomic E-state index is -0.387. The molecule has 9 heteroatoms. The van der Waals surface area contributed by atoms with E-state index in [4.69, 9.17) is 9.15 Å². The number of aromatic amines is 1. The maximum Gasteiger partial charge on any atom is 0.216 e. The highest BCUT2D eigenvalue weighted by Gasteiger charge is 2.11. The number of aliphatic imine (C=N–C) groups is 1. The van der Waals surface area contributed by atoms with Gasteiger partial charge in [0.2, 0.25) is 5.82 Å². The van der Waals surface area contributed by atoms with Crippen molar-refractivity contribution in [2.75, 3.05) is 20.7 Å². The summed E-state index contributed by atoms with van der Waals surface area (Å²) in [5.74, 6) is 2.21. The summed E-state index contributed by atoms with van der Waals surface area (Å²) in [6.07, 6.45) is 1.57. The molecule has 3 aromatic rings. The molecule has 0 saturated carbocycles. The van der Waals surface area contributed by atoms with Gasteiger partial charge in [0, 0.05) is 20.1 Å². The highest BCUT2D eigenvalue weighted by atomic mass is 19.1. The third kappa shape index (κ3) is 4.67. The first kappa shape index (κ1) is 19.4. The van der Waals surface area contributed by atoms with Crippen molar-refractivity contribution in [2.45, 2.75) is 20.0 Å². The minimum Gasteiger partial charge on any atom is -0.494 e. The van der Waals surface area contributed by atoms with Crippen molar-refractivity contribution in [3.8, 4) is 17.3 Å². The number of H-pyrrole nitrogens is 1. The van der Waals surface area contributed by atoms with Crippen molar-refractivity contribution in [3.63, 3.8) is 0 Å². The van der Waals surface area contributed by atoms with Gasteiger partial charge >= 0.3 is 0 Å². The number of benzene rings is 1. The van der Waals surface area contributed by atoms with Crippen molar-refractivity contribution in [1.82, 2.24) is 25.4 Å². The first-order chi connectivity index (χ1) is 13.6. The van der Waals surface area contributed by atoms with E-state index >= 15 is 0 Å². The molecule has 0 bridgehead atoms. The summed E-state index contributed by atoms with van der Waals surface area (Å²) < 4.78 is 24.2. The molecule has 0 radical (unpaired) electrons. The normalized spacial score (nSPS) is 11.5. The molecular formula is C19H23FN6O2. The van der Waals surface area contributed by atoms with Gasteiger partial charge in [-0.3, -0.25) is 5.10 Å². The summed E-state index contributed by atoms with van der Waals surface area (Å²) in [5.41, 5.74) is 0.811. The predicted octanol–water partition coefficient (Wildman–Crippen LogP) is 2.81. The Hall–Kier alpha value is -3.36. The first-order valence-corrected chi connectivity index (χ1v) is 8.87. The van der Waals surface area contributed by atoms with Crippen LogP contribution in [-0.2, 0) is 13.1 Å². The Labute approximate surface area is 162 Å². The Kier molecular flexibility index (Phi) is 6.25. The molecule has 0 spiro atoms. The fourth-order valence-electron chi connectivity index (χ4n) is 2.66. The number of furan rings is 1. The van der Waals surface area contributed by atoms with Gasteiger partial charge in [-0.15, -0.1) is 5.10 Å². The van der Waals surface area contributed by atoms with E-state index in [2.05, 4.69) is 25.5 Å². The molecule has 1 aromatic carbocycles. The number of hydrogen-bond acceptors (Lipinski definition) is 5. The van der Waals surface area contributed by atoms with E-state index in [1.54, 1.807) is 24.5 Å². The van der Waals surface area contributed by atoms with Crippen LogP contribution in [0.25, 0.3) is 11.6 Å². The summed E-state index contributed by atoms with van der Waals surface area (Å²) in [5, 5.41) is 10.2. The van der Waals surface area contributed by atoms with Gasteiger partial charge in [0.25, 0.3) is 0 Å². The van der Waals surface area contributed by atoms with Crippen LogP contribution in [0.4, 0.5) is 4.39 Å². The standard InChI is InChI=1S/C19H23FN6O2/c1-4-21-19(26(2)12-13-7-8-15(27-3)14(20)10-13)22-11-17-23-18(25-24-17)16-6-5-9-28-16/h5-10H,4,11-12H2,1-3H3,(H,21,22)(H,23,24,25). The largest absolute Gasteiger partial charge is 0.494 e. The molecule has 0 aliphatic heterocycles. The number of halogens is 1. The minimum absolute atomic E-state index is 0.227. The average molecular weight is 386 g/mol. The Bertz CT molecular complexity index is 922. The summed E-state index contributed by atoms with van der Waals surface area (Å²) in [4.78, 5) is 10.9. The van der Waals surface area contributed by atoms with Crippen molar-refractivity contribution < 1.29 is 13.5 Å². The van der Waals surface area contributed by atoms with Gasteiger partial charge < -0.3 is 19.4 Å². The van der Waals surface area contributed by atoms with E-state index in [9.17, 15) is 4.39 Å². The lowest BCUT2D eigenvalue weighted by atomic mass is 10.2. The number of guanidine groups is 1. The predicted molar refractivity (Wildman–Crippen MR) is 103 cm³/mol. The molecule has 0 atom stereocenters. The molecule has 2 heterocycles. The third-order valence-electron chi connectivity index (χ3n) is 3.98.